The molecule has 0 aliphatic rings. The van der Waals surface area contributed by atoms with E-state index < -0.39 is 0 Å². The molecule has 2 N–H and O–H groups in total. The van der Waals surface area contributed by atoms with Crippen LogP contribution in [0, 0.1) is 6.92 Å². The molecule has 3 heteroatoms. The average Bonchev–Trinajstić information content (AvgIpc) is 2.25. The molecule has 2 nitrogen and oxygen atoms in total. The molecule has 1 aromatic carbocycles. The highest BCUT2D eigenvalue weighted by Crippen LogP contribution is 2.07. The fourth-order valence-electron chi connectivity index (χ4n) is 0.973. The zero-order valence-corrected chi connectivity index (χ0v) is 10.7. The topological polar surface area (TPSA) is 24.1 Å². The molecule has 0 bridgehead atoms. The van der Waals surface area contributed by atoms with E-state index >= 15 is 0 Å². The van der Waals surface area contributed by atoms with Crippen molar-refractivity contribution in [2.45, 2.75) is 27.7 Å². The van der Waals surface area contributed by atoms with Gasteiger partial charge in [-0.25, -0.2) is 0 Å². The molecule has 0 saturated carbocycles. The summed E-state index contributed by atoms with van der Waals surface area (Å²) in [5.74, 6) is 0. The SMILES string of the molecule is CC.CCNC(=S)Nc1ccc(C)cc1. The first-order valence-corrected chi connectivity index (χ1v) is 5.74. The van der Waals surface area contributed by atoms with Crippen molar-refractivity contribution in [3.63, 3.8) is 0 Å². The van der Waals surface area contributed by atoms with Crippen LogP contribution >= 0.6 is 12.2 Å². The number of nitrogens with one attached hydrogen (secondary N) is 2. The summed E-state index contributed by atoms with van der Waals surface area (Å²) in [5, 5.41) is 6.79. The molecule has 0 unspecified atom stereocenters. The highest BCUT2D eigenvalue weighted by molar-refractivity contribution is 7.80. The molecular weight excluding hydrogens is 204 g/mol. The lowest BCUT2D eigenvalue weighted by Gasteiger charge is -2.08. The number of thiocarbonyl (C=S) groups is 1. The molecule has 0 aliphatic carbocycles. The van der Waals surface area contributed by atoms with Crippen LogP contribution in [0.2, 0.25) is 0 Å². The van der Waals surface area contributed by atoms with Gasteiger partial charge in [-0.15, -0.1) is 0 Å². The molecule has 84 valence electrons. The van der Waals surface area contributed by atoms with Crippen LogP contribution in [0.5, 0.6) is 0 Å². The molecule has 0 saturated heterocycles. The van der Waals surface area contributed by atoms with Crippen molar-refractivity contribution < 1.29 is 0 Å². The second-order valence-corrected chi connectivity index (χ2v) is 3.26. The van der Waals surface area contributed by atoms with Gasteiger partial charge in [-0.1, -0.05) is 31.5 Å². The van der Waals surface area contributed by atoms with E-state index in [9.17, 15) is 0 Å². The zero-order chi connectivity index (χ0) is 11.7. The maximum absolute atomic E-state index is 5.05. The van der Waals surface area contributed by atoms with Gasteiger partial charge in [-0.05, 0) is 38.2 Å². The molecule has 15 heavy (non-hydrogen) atoms. The molecule has 0 heterocycles. The molecule has 1 aromatic rings. The Morgan fingerprint density at radius 3 is 2.20 bits per heavy atom. The first-order valence-electron chi connectivity index (χ1n) is 5.34. The van der Waals surface area contributed by atoms with Crippen molar-refractivity contribution in [2.75, 3.05) is 11.9 Å². The smallest absolute Gasteiger partial charge is 0.170 e. The summed E-state index contributed by atoms with van der Waals surface area (Å²) < 4.78 is 0. The third-order valence-corrected chi connectivity index (χ3v) is 1.89. The van der Waals surface area contributed by atoms with Crippen LogP contribution in [0.4, 0.5) is 5.69 Å². The largest absolute Gasteiger partial charge is 0.363 e. The van der Waals surface area contributed by atoms with E-state index in [1.165, 1.54) is 5.56 Å². The van der Waals surface area contributed by atoms with Crippen molar-refractivity contribution in [1.82, 2.24) is 5.32 Å². The average molecular weight is 224 g/mol. The van der Waals surface area contributed by atoms with E-state index in [1.54, 1.807) is 0 Å². The van der Waals surface area contributed by atoms with E-state index in [0.29, 0.717) is 5.11 Å². The molecule has 1 rings (SSSR count). The van der Waals surface area contributed by atoms with Gasteiger partial charge in [0.1, 0.15) is 0 Å². The molecule has 0 amide bonds. The van der Waals surface area contributed by atoms with Crippen LogP contribution in [0.25, 0.3) is 0 Å². The summed E-state index contributed by atoms with van der Waals surface area (Å²) in [6.45, 7) is 8.92. The lowest BCUT2D eigenvalue weighted by molar-refractivity contribution is 0.979. The second kappa shape index (κ2) is 8.24. The lowest BCUT2D eigenvalue weighted by atomic mass is 10.2. The van der Waals surface area contributed by atoms with Gasteiger partial charge in [0, 0.05) is 12.2 Å². The Morgan fingerprint density at radius 2 is 1.73 bits per heavy atom. The number of rotatable bonds is 2. The standard InChI is InChI=1S/C10H14N2S.C2H6/c1-3-11-10(13)12-9-6-4-8(2)5-7-9;1-2/h4-7H,3H2,1-2H3,(H2,11,12,13);1-2H3. The highest BCUT2D eigenvalue weighted by Gasteiger charge is 1.94. The van der Waals surface area contributed by atoms with Gasteiger partial charge >= 0.3 is 0 Å². The first kappa shape index (κ1) is 13.9. The molecular formula is C12H20N2S. The summed E-state index contributed by atoms with van der Waals surface area (Å²) >= 11 is 5.05. The van der Waals surface area contributed by atoms with Gasteiger partial charge in [0.2, 0.25) is 0 Å². The predicted octanol–water partition coefficient (Wildman–Crippen LogP) is 3.33. The Labute approximate surface area is 98.1 Å². The number of anilines is 1. The molecule has 0 radical (unpaired) electrons. The Morgan fingerprint density at radius 1 is 1.20 bits per heavy atom. The van der Waals surface area contributed by atoms with Gasteiger partial charge in [0.15, 0.2) is 5.11 Å². The van der Waals surface area contributed by atoms with Crippen molar-refractivity contribution in [2.24, 2.45) is 0 Å². The van der Waals surface area contributed by atoms with E-state index in [0.717, 1.165) is 12.2 Å². The van der Waals surface area contributed by atoms with E-state index in [4.69, 9.17) is 12.2 Å². The maximum Gasteiger partial charge on any atom is 0.170 e. The molecule has 0 aliphatic heterocycles. The highest BCUT2D eigenvalue weighted by atomic mass is 32.1. The third-order valence-electron chi connectivity index (χ3n) is 1.65. The number of hydrogen-bond acceptors (Lipinski definition) is 1. The van der Waals surface area contributed by atoms with Crippen molar-refractivity contribution >= 4 is 23.0 Å². The zero-order valence-electron chi connectivity index (χ0n) is 9.92. The number of benzene rings is 1. The van der Waals surface area contributed by atoms with Gasteiger partial charge in [0.25, 0.3) is 0 Å². The van der Waals surface area contributed by atoms with Crippen molar-refractivity contribution in [3.05, 3.63) is 29.8 Å². The van der Waals surface area contributed by atoms with Gasteiger partial charge < -0.3 is 10.6 Å². The maximum atomic E-state index is 5.05. The Bertz CT molecular complexity index is 280. The van der Waals surface area contributed by atoms with Crippen LogP contribution in [0.1, 0.15) is 26.3 Å². The summed E-state index contributed by atoms with van der Waals surface area (Å²) in [6.07, 6.45) is 0. The minimum absolute atomic E-state index is 0.673. The van der Waals surface area contributed by atoms with Crippen LogP contribution in [-0.2, 0) is 0 Å². The van der Waals surface area contributed by atoms with Crippen molar-refractivity contribution in [1.29, 1.82) is 0 Å². The Hall–Kier alpha value is -1.09. The third kappa shape index (κ3) is 6.07. The summed E-state index contributed by atoms with van der Waals surface area (Å²) in [6, 6.07) is 8.13. The fraction of sp³-hybridized carbons (Fsp3) is 0.417. The first-order chi connectivity index (χ1) is 7.22. The van der Waals surface area contributed by atoms with Crippen LogP contribution in [-0.4, -0.2) is 11.7 Å². The number of hydrogen-bond donors (Lipinski definition) is 2. The summed E-state index contributed by atoms with van der Waals surface area (Å²) in [4.78, 5) is 0. The van der Waals surface area contributed by atoms with Crippen molar-refractivity contribution in [3.8, 4) is 0 Å². The minimum atomic E-state index is 0.673. The Balaban J connectivity index is 0.000000921. The Kier molecular flexibility index (Phi) is 7.64. The molecule has 0 fully saturated rings. The summed E-state index contributed by atoms with van der Waals surface area (Å²) in [5.41, 5.74) is 2.27. The second-order valence-electron chi connectivity index (χ2n) is 2.85. The van der Waals surface area contributed by atoms with Crippen LogP contribution in [0.15, 0.2) is 24.3 Å². The predicted molar refractivity (Wildman–Crippen MR) is 72.4 cm³/mol. The normalized spacial score (nSPS) is 8.53. The van der Waals surface area contributed by atoms with Gasteiger partial charge in [0.05, 0.1) is 0 Å². The fourth-order valence-corrected chi connectivity index (χ4v) is 1.23. The van der Waals surface area contributed by atoms with Crippen LogP contribution < -0.4 is 10.6 Å². The van der Waals surface area contributed by atoms with Gasteiger partial charge in [-0.3, -0.25) is 0 Å². The van der Waals surface area contributed by atoms with E-state index in [2.05, 4.69) is 29.7 Å². The van der Waals surface area contributed by atoms with Gasteiger partial charge in [-0.2, -0.15) is 0 Å². The minimum Gasteiger partial charge on any atom is -0.363 e. The summed E-state index contributed by atoms with van der Waals surface area (Å²) in [7, 11) is 0. The van der Waals surface area contributed by atoms with Crippen LogP contribution in [0.3, 0.4) is 0 Å². The molecule has 0 atom stereocenters. The number of aryl methyl sites for hydroxylation is 1. The van der Waals surface area contributed by atoms with E-state index in [-0.39, 0.29) is 0 Å². The quantitative estimate of drug-likeness (QED) is 0.754. The lowest BCUT2D eigenvalue weighted by Crippen LogP contribution is -2.27. The van der Waals surface area contributed by atoms with E-state index in [1.807, 2.05) is 32.9 Å². The monoisotopic (exact) mass is 224 g/mol. The molecule has 0 aromatic heterocycles. The molecule has 0 spiro atoms.